The first-order chi connectivity index (χ1) is 14.0. The molecule has 0 heterocycles. The maximum Gasteiger partial charge on any atom is 0.323 e. The molecule has 1 saturated carbocycles. The van der Waals surface area contributed by atoms with Gasteiger partial charge in [0.1, 0.15) is 11.8 Å². The van der Waals surface area contributed by atoms with Gasteiger partial charge in [-0.05, 0) is 51.9 Å². The van der Waals surface area contributed by atoms with Crippen LogP contribution in [0.2, 0.25) is 0 Å². The number of hydrogen-bond donors (Lipinski definition) is 1. The molecule has 1 atom stereocenters. The summed E-state index contributed by atoms with van der Waals surface area (Å²) in [5, 5.41) is 3.19. The van der Waals surface area contributed by atoms with Crippen LogP contribution >= 0.6 is 0 Å². The molecule has 0 saturated heterocycles. The number of ether oxygens (including phenoxy) is 2. The highest BCUT2D eigenvalue weighted by molar-refractivity contribution is 5.81. The molecule has 0 bridgehead atoms. The SMILES string of the molecule is CCOC(=O)CCC/C=C\CC(NCCC(=O)C1CCC(C)CC1)C(=O)OCC. The Bertz CT molecular complexity index is 523. The molecular formula is C23H39NO5. The van der Waals surface area contributed by atoms with Gasteiger partial charge >= 0.3 is 11.9 Å². The van der Waals surface area contributed by atoms with E-state index < -0.39 is 6.04 Å². The van der Waals surface area contributed by atoms with Crippen LogP contribution in [0.25, 0.3) is 0 Å². The van der Waals surface area contributed by atoms with Gasteiger partial charge in [-0.15, -0.1) is 0 Å². The predicted molar refractivity (Wildman–Crippen MR) is 113 cm³/mol. The Kier molecular flexibility index (Phi) is 13.3. The number of ketones is 1. The highest BCUT2D eigenvalue weighted by Gasteiger charge is 2.24. The second-order valence-electron chi connectivity index (χ2n) is 7.84. The van der Waals surface area contributed by atoms with Crippen molar-refractivity contribution >= 4 is 17.7 Å². The fourth-order valence-electron chi connectivity index (χ4n) is 3.61. The Hall–Kier alpha value is -1.69. The van der Waals surface area contributed by atoms with E-state index in [1.54, 1.807) is 13.8 Å². The molecule has 0 aliphatic heterocycles. The molecule has 1 aliphatic carbocycles. The molecule has 1 N–H and O–H groups in total. The molecule has 0 amide bonds. The van der Waals surface area contributed by atoms with Crippen molar-refractivity contribution in [1.82, 2.24) is 5.32 Å². The van der Waals surface area contributed by atoms with Crippen molar-refractivity contribution in [2.24, 2.45) is 11.8 Å². The number of allylic oxidation sites excluding steroid dienone is 1. The lowest BCUT2D eigenvalue weighted by atomic mass is 9.80. The zero-order valence-electron chi connectivity index (χ0n) is 18.4. The third kappa shape index (κ3) is 11.2. The summed E-state index contributed by atoms with van der Waals surface area (Å²) < 4.78 is 10.0. The highest BCUT2D eigenvalue weighted by atomic mass is 16.5. The van der Waals surface area contributed by atoms with Gasteiger partial charge < -0.3 is 14.8 Å². The Balaban J connectivity index is 2.34. The highest BCUT2D eigenvalue weighted by Crippen LogP contribution is 2.29. The van der Waals surface area contributed by atoms with Crippen LogP contribution in [0.5, 0.6) is 0 Å². The van der Waals surface area contributed by atoms with Gasteiger partial charge in [-0.25, -0.2) is 0 Å². The molecule has 0 aromatic carbocycles. The van der Waals surface area contributed by atoms with Crippen LogP contribution in [0, 0.1) is 11.8 Å². The predicted octanol–water partition coefficient (Wildman–Crippen LogP) is 3.97. The van der Waals surface area contributed by atoms with Gasteiger partial charge in [-0.2, -0.15) is 0 Å². The first kappa shape index (κ1) is 25.3. The van der Waals surface area contributed by atoms with Gasteiger partial charge in [0.15, 0.2) is 0 Å². The van der Waals surface area contributed by atoms with Gasteiger partial charge in [0, 0.05) is 25.3 Å². The van der Waals surface area contributed by atoms with Crippen LogP contribution in [0.3, 0.4) is 0 Å². The Labute approximate surface area is 175 Å². The lowest BCUT2D eigenvalue weighted by molar-refractivity contribution is -0.146. The van der Waals surface area contributed by atoms with Crippen LogP contribution in [-0.2, 0) is 23.9 Å². The van der Waals surface area contributed by atoms with Gasteiger partial charge in [-0.3, -0.25) is 14.4 Å². The van der Waals surface area contributed by atoms with E-state index in [2.05, 4.69) is 12.2 Å². The van der Waals surface area contributed by atoms with Crippen molar-refractivity contribution in [3.8, 4) is 0 Å². The standard InChI is InChI=1S/C23H39NO5/c1-4-28-22(26)11-9-7-6-8-10-20(23(27)29-5-2)24-17-16-21(25)19-14-12-18(3)13-15-19/h6,8,18-20,24H,4-5,7,9-17H2,1-3H3/b8-6-. The first-order valence-corrected chi connectivity index (χ1v) is 11.2. The largest absolute Gasteiger partial charge is 0.466 e. The average Bonchev–Trinajstić information content (AvgIpc) is 2.69. The first-order valence-electron chi connectivity index (χ1n) is 11.2. The second-order valence-corrected chi connectivity index (χ2v) is 7.84. The van der Waals surface area contributed by atoms with Crippen LogP contribution in [0.1, 0.15) is 78.6 Å². The second kappa shape index (κ2) is 15.2. The molecule has 29 heavy (non-hydrogen) atoms. The van der Waals surface area contributed by atoms with Gasteiger partial charge in [-0.1, -0.05) is 31.9 Å². The van der Waals surface area contributed by atoms with Crippen LogP contribution < -0.4 is 5.32 Å². The fourth-order valence-corrected chi connectivity index (χ4v) is 3.61. The Morgan fingerprint density at radius 3 is 2.34 bits per heavy atom. The topological polar surface area (TPSA) is 81.7 Å². The van der Waals surface area contributed by atoms with Crippen LogP contribution in [0.4, 0.5) is 0 Å². The van der Waals surface area contributed by atoms with E-state index in [0.29, 0.717) is 44.8 Å². The van der Waals surface area contributed by atoms with Crippen molar-refractivity contribution in [2.75, 3.05) is 19.8 Å². The summed E-state index contributed by atoms with van der Waals surface area (Å²) in [5.74, 6) is 0.760. The van der Waals surface area contributed by atoms with E-state index in [1.807, 2.05) is 12.2 Å². The number of hydrogen-bond acceptors (Lipinski definition) is 6. The minimum Gasteiger partial charge on any atom is -0.466 e. The van der Waals surface area contributed by atoms with Gasteiger partial charge in [0.25, 0.3) is 0 Å². The summed E-state index contributed by atoms with van der Waals surface area (Å²) in [6.07, 6.45) is 11.0. The smallest absolute Gasteiger partial charge is 0.323 e. The molecule has 6 heteroatoms. The molecular weight excluding hydrogens is 370 g/mol. The fraction of sp³-hybridized carbons (Fsp3) is 0.783. The van der Waals surface area contributed by atoms with Crippen LogP contribution in [-0.4, -0.2) is 43.5 Å². The molecule has 166 valence electrons. The lowest BCUT2D eigenvalue weighted by Gasteiger charge is -2.25. The van der Waals surface area contributed by atoms with E-state index in [0.717, 1.165) is 44.4 Å². The average molecular weight is 410 g/mol. The third-order valence-corrected chi connectivity index (χ3v) is 5.40. The normalized spacial score (nSPS) is 20.4. The summed E-state index contributed by atoms with van der Waals surface area (Å²) in [5.41, 5.74) is 0. The maximum absolute atomic E-state index is 12.4. The molecule has 6 nitrogen and oxygen atoms in total. The van der Waals surface area contributed by atoms with Crippen molar-refractivity contribution in [1.29, 1.82) is 0 Å². The minimum absolute atomic E-state index is 0.177. The molecule has 0 aromatic rings. The Morgan fingerprint density at radius 2 is 1.69 bits per heavy atom. The number of rotatable bonds is 14. The molecule has 1 rings (SSSR count). The van der Waals surface area contributed by atoms with Crippen molar-refractivity contribution < 1.29 is 23.9 Å². The van der Waals surface area contributed by atoms with Gasteiger partial charge in [0.2, 0.25) is 0 Å². The summed E-state index contributed by atoms with van der Waals surface area (Å²) in [7, 11) is 0. The Morgan fingerprint density at radius 1 is 1.00 bits per heavy atom. The van der Waals surface area contributed by atoms with E-state index in [-0.39, 0.29) is 17.9 Å². The molecule has 1 unspecified atom stereocenters. The van der Waals surface area contributed by atoms with Crippen molar-refractivity contribution in [3.05, 3.63) is 12.2 Å². The van der Waals surface area contributed by atoms with E-state index in [1.165, 1.54) is 0 Å². The number of Topliss-reactive ketones (excluding diaryl/α,β-unsaturated/α-hetero) is 1. The summed E-state index contributed by atoms with van der Waals surface area (Å²) in [6, 6.07) is -0.449. The number of nitrogens with one attached hydrogen (secondary N) is 1. The van der Waals surface area contributed by atoms with E-state index in [4.69, 9.17) is 9.47 Å². The molecule has 1 fully saturated rings. The summed E-state index contributed by atoms with van der Waals surface area (Å²) in [6.45, 7) is 7.06. The number of esters is 2. The maximum atomic E-state index is 12.4. The third-order valence-electron chi connectivity index (χ3n) is 5.40. The van der Waals surface area contributed by atoms with E-state index in [9.17, 15) is 14.4 Å². The summed E-state index contributed by atoms with van der Waals surface area (Å²) >= 11 is 0. The van der Waals surface area contributed by atoms with Crippen LogP contribution in [0.15, 0.2) is 12.2 Å². The minimum atomic E-state index is -0.449. The lowest BCUT2D eigenvalue weighted by Crippen LogP contribution is -2.39. The number of carbonyl (C=O) groups excluding carboxylic acids is 3. The van der Waals surface area contributed by atoms with Gasteiger partial charge in [0.05, 0.1) is 13.2 Å². The zero-order valence-corrected chi connectivity index (χ0v) is 18.4. The number of carbonyl (C=O) groups is 3. The van der Waals surface area contributed by atoms with Crippen molar-refractivity contribution in [2.45, 2.75) is 84.6 Å². The molecule has 0 aromatic heterocycles. The van der Waals surface area contributed by atoms with Crippen molar-refractivity contribution in [3.63, 3.8) is 0 Å². The molecule has 0 spiro atoms. The monoisotopic (exact) mass is 409 g/mol. The quantitative estimate of drug-likeness (QED) is 0.266. The number of unbranched alkanes of at least 4 members (excludes halogenated alkanes) is 1. The molecule has 1 aliphatic rings. The van der Waals surface area contributed by atoms with E-state index >= 15 is 0 Å². The zero-order chi connectivity index (χ0) is 21.5. The molecule has 0 radical (unpaired) electrons. The summed E-state index contributed by atoms with van der Waals surface area (Å²) in [4.78, 5) is 35.9.